The molecule has 112 valence electrons. The van der Waals surface area contributed by atoms with E-state index >= 15 is 0 Å². The zero-order valence-corrected chi connectivity index (χ0v) is 12.4. The quantitative estimate of drug-likeness (QED) is 0.872. The summed E-state index contributed by atoms with van der Waals surface area (Å²) in [5.74, 6) is -0.186. The molecule has 0 aliphatic carbocycles. The summed E-state index contributed by atoms with van der Waals surface area (Å²) in [6, 6.07) is -0.552. The molecule has 0 bridgehead atoms. The smallest absolute Gasteiger partial charge is 0.241 e. The van der Waals surface area contributed by atoms with Gasteiger partial charge in [0.05, 0.1) is 30.6 Å². The maximum atomic E-state index is 12.0. The largest absolute Gasteiger partial charge is 0.376 e. The highest BCUT2D eigenvalue weighted by atomic mass is 16.5. The van der Waals surface area contributed by atoms with Gasteiger partial charge in [0.25, 0.3) is 0 Å². The molecule has 1 aliphatic rings. The number of hydrogen-bond donors (Lipinski definition) is 2. The van der Waals surface area contributed by atoms with Gasteiger partial charge >= 0.3 is 0 Å². The molecule has 0 saturated carbocycles. The number of amides is 1. The lowest BCUT2D eigenvalue weighted by Crippen LogP contribution is -2.45. The van der Waals surface area contributed by atoms with Gasteiger partial charge in [-0.3, -0.25) is 9.48 Å². The molecule has 2 heterocycles. The molecule has 2 atom stereocenters. The van der Waals surface area contributed by atoms with E-state index in [-0.39, 0.29) is 17.4 Å². The standard InChI is InChI=1S/C14H24N4O2/c1-14(2,3)12(15)13(19)17-10-7-16-18(8-10)9-11-5-4-6-20-11/h7-8,11-12H,4-6,9,15H2,1-3H3,(H,17,19)/t11?,12-/m0/s1. The molecule has 1 unspecified atom stereocenters. The maximum absolute atomic E-state index is 12.0. The first-order valence-corrected chi connectivity index (χ1v) is 7.07. The first-order chi connectivity index (χ1) is 9.36. The average molecular weight is 280 g/mol. The molecule has 20 heavy (non-hydrogen) atoms. The van der Waals surface area contributed by atoms with Crippen molar-refractivity contribution in [3.05, 3.63) is 12.4 Å². The SMILES string of the molecule is CC(C)(C)[C@@H](N)C(=O)Nc1cnn(CC2CCCO2)c1. The van der Waals surface area contributed by atoms with Crippen LogP contribution < -0.4 is 11.1 Å². The molecule has 0 aromatic carbocycles. The van der Waals surface area contributed by atoms with Gasteiger partial charge in [0.2, 0.25) is 5.91 Å². The Hall–Kier alpha value is -1.40. The Kier molecular flexibility index (Phi) is 4.45. The Morgan fingerprint density at radius 2 is 2.40 bits per heavy atom. The minimum atomic E-state index is -0.552. The summed E-state index contributed by atoms with van der Waals surface area (Å²) >= 11 is 0. The van der Waals surface area contributed by atoms with Crippen molar-refractivity contribution >= 4 is 11.6 Å². The predicted molar refractivity (Wildman–Crippen MR) is 77.3 cm³/mol. The van der Waals surface area contributed by atoms with Crippen LogP contribution in [0.2, 0.25) is 0 Å². The number of nitrogens with one attached hydrogen (secondary N) is 1. The Labute approximate surface area is 119 Å². The normalized spacial score (nSPS) is 20.9. The average Bonchev–Trinajstić information content (AvgIpc) is 2.99. The lowest BCUT2D eigenvalue weighted by atomic mass is 9.87. The highest BCUT2D eigenvalue weighted by Crippen LogP contribution is 2.19. The third-order valence-electron chi connectivity index (χ3n) is 3.53. The van der Waals surface area contributed by atoms with E-state index in [9.17, 15) is 4.79 Å². The van der Waals surface area contributed by atoms with Crippen LogP contribution in [0.25, 0.3) is 0 Å². The minimum Gasteiger partial charge on any atom is -0.376 e. The van der Waals surface area contributed by atoms with Crippen LogP contribution in [0.1, 0.15) is 33.6 Å². The third kappa shape index (κ3) is 3.80. The summed E-state index contributed by atoms with van der Waals surface area (Å²) in [7, 11) is 0. The number of nitrogens with zero attached hydrogens (tertiary/aromatic N) is 2. The molecule has 1 aromatic rings. The van der Waals surface area contributed by atoms with E-state index in [4.69, 9.17) is 10.5 Å². The molecule has 6 heteroatoms. The number of anilines is 1. The van der Waals surface area contributed by atoms with Gasteiger partial charge in [0.15, 0.2) is 0 Å². The lowest BCUT2D eigenvalue weighted by Gasteiger charge is -2.25. The second-order valence-electron chi connectivity index (χ2n) is 6.42. The van der Waals surface area contributed by atoms with E-state index in [1.807, 2.05) is 27.0 Å². The van der Waals surface area contributed by atoms with Crippen molar-refractivity contribution in [1.29, 1.82) is 0 Å². The van der Waals surface area contributed by atoms with Crippen LogP contribution in [0.5, 0.6) is 0 Å². The number of hydrogen-bond acceptors (Lipinski definition) is 4. The Morgan fingerprint density at radius 1 is 1.65 bits per heavy atom. The number of rotatable bonds is 4. The van der Waals surface area contributed by atoms with Crippen molar-refractivity contribution in [2.45, 2.75) is 52.3 Å². The van der Waals surface area contributed by atoms with E-state index in [0.717, 1.165) is 26.0 Å². The molecule has 6 nitrogen and oxygen atoms in total. The molecule has 1 amide bonds. The summed E-state index contributed by atoms with van der Waals surface area (Å²) < 4.78 is 7.36. The van der Waals surface area contributed by atoms with Crippen molar-refractivity contribution in [2.75, 3.05) is 11.9 Å². The minimum absolute atomic E-state index is 0.186. The van der Waals surface area contributed by atoms with Gasteiger partial charge < -0.3 is 15.8 Å². The molecular formula is C14H24N4O2. The van der Waals surface area contributed by atoms with Gasteiger partial charge in [0.1, 0.15) is 0 Å². The number of carbonyl (C=O) groups excluding carboxylic acids is 1. The highest BCUT2D eigenvalue weighted by Gasteiger charge is 2.27. The van der Waals surface area contributed by atoms with E-state index < -0.39 is 6.04 Å². The van der Waals surface area contributed by atoms with Gasteiger partial charge in [0, 0.05) is 12.8 Å². The Morgan fingerprint density at radius 3 is 3.00 bits per heavy atom. The molecule has 1 aliphatic heterocycles. The summed E-state index contributed by atoms with van der Waals surface area (Å²) in [6.45, 7) is 7.38. The van der Waals surface area contributed by atoms with Crippen molar-refractivity contribution in [3.63, 3.8) is 0 Å². The zero-order chi connectivity index (χ0) is 14.8. The molecule has 3 N–H and O–H groups in total. The van der Waals surface area contributed by atoms with Crippen LogP contribution in [0.3, 0.4) is 0 Å². The molecule has 1 fully saturated rings. The zero-order valence-electron chi connectivity index (χ0n) is 12.4. The summed E-state index contributed by atoms with van der Waals surface area (Å²) in [6.07, 6.45) is 5.86. The highest BCUT2D eigenvalue weighted by molar-refractivity contribution is 5.94. The first-order valence-electron chi connectivity index (χ1n) is 7.07. The first kappa shape index (κ1) is 15.0. The molecule has 0 radical (unpaired) electrons. The van der Waals surface area contributed by atoms with Crippen molar-refractivity contribution < 1.29 is 9.53 Å². The van der Waals surface area contributed by atoms with Crippen LogP contribution in [-0.4, -0.2) is 34.4 Å². The number of aromatic nitrogens is 2. The molecular weight excluding hydrogens is 256 g/mol. The number of nitrogens with two attached hydrogens (primary N) is 1. The van der Waals surface area contributed by atoms with E-state index in [2.05, 4.69) is 10.4 Å². The van der Waals surface area contributed by atoms with E-state index in [0.29, 0.717) is 5.69 Å². The second-order valence-corrected chi connectivity index (χ2v) is 6.42. The fourth-order valence-electron chi connectivity index (χ4n) is 2.14. The van der Waals surface area contributed by atoms with Crippen LogP contribution in [0, 0.1) is 5.41 Å². The molecule has 1 saturated heterocycles. The van der Waals surface area contributed by atoms with Crippen LogP contribution in [0.15, 0.2) is 12.4 Å². The molecule has 0 spiro atoms. The fraction of sp³-hybridized carbons (Fsp3) is 0.714. The predicted octanol–water partition coefficient (Wildman–Crippen LogP) is 1.37. The van der Waals surface area contributed by atoms with E-state index in [1.165, 1.54) is 0 Å². The second kappa shape index (κ2) is 5.93. The van der Waals surface area contributed by atoms with Gasteiger partial charge in [-0.25, -0.2) is 0 Å². The monoisotopic (exact) mass is 280 g/mol. The van der Waals surface area contributed by atoms with E-state index in [1.54, 1.807) is 10.9 Å². The van der Waals surface area contributed by atoms with Crippen LogP contribution in [0.4, 0.5) is 5.69 Å². The van der Waals surface area contributed by atoms with Gasteiger partial charge in [-0.05, 0) is 18.3 Å². The van der Waals surface area contributed by atoms with Crippen molar-refractivity contribution in [3.8, 4) is 0 Å². The van der Waals surface area contributed by atoms with Gasteiger partial charge in [-0.1, -0.05) is 20.8 Å². The molecule has 2 rings (SSSR count). The van der Waals surface area contributed by atoms with Gasteiger partial charge in [-0.15, -0.1) is 0 Å². The van der Waals surface area contributed by atoms with Crippen LogP contribution in [-0.2, 0) is 16.1 Å². The number of carbonyl (C=O) groups is 1. The number of ether oxygens (including phenoxy) is 1. The van der Waals surface area contributed by atoms with Crippen molar-refractivity contribution in [1.82, 2.24) is 9.78 Å². The topological polar surface area (TPSA) is 82.2 Å². The fourth-order valence-corrected chi connectivity index (χ4v) is 2.14. The Bertz CT molecular complexity index is 458. The third-order valence-corrected chi connectivity index (χ3v) is 3.53. The summed E-state index contributed by atoms with van der Waals surface area (Å²) in [5.41, 5.74) is 6.33. The summed E-state index contributed by atoms with van der Waals surface area (Å²) in [5, 5.41) is 7.04. The Balaban J connectivity index is 1.90. The van der Waals surface area contributed by atoms with Crippen molar-refractivity contribution in [2.24, 2.45) is 11.1 Å². The molecule has 1 aromatic heterocycles. The lowest BCUT2D eigenvalue weighted by molar-refractivity contribution is -0.119. The summed E-state index contributed by atoms with van der Waals surface area (Å²) in [4.78, 5) is 12.0. The van der Waals surface area contributed by atoms with Crippen LogP contribution >= 0.6 is 0 Å². The van der Waals surface area contributed by atoms with Gasteiger partial charge in [-0.2, -0.15) is 5.10 Å². The maximum Gasteiger partial charge on any atom is 0.241 e.